The third-order valence-corrected chi connectivity index (χ3v) is 8.44. The normalized spacial score (nSPS) is 18.1. The van der Waals surface area contributed by atoms with Crippen molar-refractivity contribution in [1.29, 1.82) is 5.26 Å². The molecule has 1 aliphatic rings. The number of hydrogen-bond donors (Lipinski definition) is 2. The highest BCUT2D eigenvalue weighted by molar-refractivity contribution is 6.32. The summed E-state index contributed by atoms with van der Waals surface area (Å²) in [5, 5.41) is 17.7. The van der Waals surface area contributed by atoms with E-state index in [0.29, 0.717) is 22.4 Å². The zero-order chi connectivity index (χ0) is 29.2. The molecule has 1 aliphatic carbocycles. The fraction of sp³-hybridized carbons (Fsp3) is 0.469. The summed E-state index contributed by atoms with van der Waals surface area (Å²) in [6.07, 6.45) is 3.20. The Balaban J connectivity index is 1.58. The van der Waals surface area contributed by atoms with E-state index in [9.17, 15) is 10.1 Å². The number of aromatic nitrogens is 1. The van der Waals surface area contributed by atoms with Crippen LogP contribution in [0.1, 0.15) is 69.0 Å². The number of ether oxygens (including phenoxy) is 1. The highest BCUT2D eigenvalue weighted by atomic mass is 35.5. The number of carbonyl (C=O) groups is 1. The molecule has 40 heavy (non-hydrogen) atoms. The lowest BCUT2D eigenvalue weighted by atomic mass is 9.72. The van der Waals surface area contributed by atoms with Crippen molar-refractivity contribution in [3.8, 4) is 28.3 Å². The molecule has 4 rings (SSSR count). The number of rotatable bonds is 7. The third-order valence-electron chi connectivity index (χ3n) is 8.13. The van der Waals surface area contributed by atoms with E-state index in [1.165, 1.54) is 0 Å². The number of nitrogens with two attached hydrogens (primary N) is 1. The summed E-state index contributed by atoms with van der Waals surface area (Å²) in [6.45, 7) is 13.1. The third kappa shape index (κ3) is 6.45. The largest absolute Gasteiger partial charge is 0.446 e. The van der Waals surface area contributed by atoms with Crippen molar-refractivity contribution < 1.29 is 14.1 Å². The number of primary amides is 1. The van der Waals surface area contributed by atoms with Crippen LogP contribution in [0, 0.1) is 49.4 Å². The van der Waals surface area contributed by atoms with Gasteiger partial charge in [0.2, 0.25) is 0 Å². The van der Waals surface area contributed by atoms with Crippen LogP contribution in [0.3, 0.4) is 0 Å². The first-order chi connectivity index (χ1) is 18.9. The summed E-state index contributed by atoms with van der Waals surface area (Å²) < 4.78 is 11.0. The van der Waals surface area contributed by atoms with Crippen molar-refractivity contribution in [3.63, 3.8) is 0 Å². The molecule has 1 aromatic heterocycles. The Morgan fingerprint density at radius 3 is 2.42 bits per heavy atom. The Bertz CT molecular complexity index is 1410. The van der Waals surface area contributed by atoms with Gasteiger partial charge in [0.15, 0.2) is 0 Å². The molecular formula is C32H39ClN4O3. The quantitative estimate of drug-likeness (QED) is 0.300. The molecule has 7 nitrogen and oxygen atoms in total. The molecule has 3 N–H and O–H groups in total. The molecule has 0 spiro atoms. The van der Waals surface area contributed by atoms with Gasteiger partial charge in [0.05, 0.1) is 16.3 Å². The molecule has 0 radical (unpaired) electrons. The number of carbonyl (C=O) groups excluding carboxylic acids is 1. The molecule has 1 unspecified atom stereocenters. The molecule has 1 atom stereocenters. The number of nitrogens with one attached hydrogen (secondary N) is 1. The minimum absolute atomic E-state index is 0.161. The minimum Gasteiger partial charge on any atom is -0.446 e. The smallest absolute Gasteiger partial charge is 0.404 e. The van der Waals surface area contributed by atoms with Crippen LogP contribution >= 0.6 is 11.6 Å². The lowest BCUT2D eigenvalue weighted by molar-refractivity contribution is -0.0187. The van der Waals surface area contributed by atoms with Crippen molar-refractivity contribution >= 4 is 23.4 Å². The van der Waals surface area contributed by atoms with Crippen LogP contribution in [0.25, 0.3) is 22.3 Å². The first-order valence-corrected chi connectivity index (χ1v) is 14.2. The molecule has 0 bridgehead atoms. The van der Waals surface area contributed by atoms with E-state index in [4.69, 9.17) is 26.6 Å². The molecule has 0 saturated heterocycles. The van der Waals surface area contributed by atoms with E-state index in [1.54, 1.807) is 6.07 Å². The Morgan fingerprint density at radius 1 is 1.18 bits per heavy atom. The standard InChI is InChI=1S/C32H39ClN4O3/c1-18-26(23-11-12-24(16-34)27(33)14-23)13-25(29-19(2)37-40-20(29)3)15-28(18)36-17-21-7-9-22(10-8-21)30(32(4,5)6)39-31(35)38/h11-15,21-22,30,36H,7-10,17H2,1-6H3,(H2,35,38). The highest BCUT2D eigenvalue weighted by Gasteiger charge is 2.37. The molecule has 1 fully saturated rings. The number of amides is 1. The van der Waals surface area contributed by atoms with Crippen LogP contribution in [0.5, 0.6) is 0 Å². The van der Waals surface area contributed by atoms with Crippen LogP contribution in [0.2, 0.25) is 5.02 Å². The van der Waals surface area contributed by atoms with Gasteiger partial charge in [-0.15, -0.1) is 0 Å². The van der Waals surface area contributed by atoms with Gasteiger partial charge in [-0.2, -0.15) is 5.26 Å². The second-order valence-electron chi connectivity index (χ2n) is 12.1. The lowest BCUT2D eigenvalue weighted by Crippen LogP contribution is -2.41. The second-order valence-corrected chi connectivity index (χ2v) is 12.5. The van der Waals surface area contributed by atoms with Gasteiger partial charge in [-0.25, -0.2) is 4.79 Å². The van der Waals surface area contributed by atoms with E-state index in [2.05, 4.69) is 56.4 Å². The number of nitriles is 1. The number of benzene rings is 2. The fourth-order valence-electron chi connectivity index (χ4n) is 6.07. The van der Waals surface area contributed by atoms with E-state index in [0.717, 1.165) is 77.2 Å². The van der Waals surface area contributed by atoms with Crippen LogP contribution in [0.15, 0.2) is 34.9 Å². The lowest BCUT2D eigenvalue weighted by Gasteiger charge is -2.39. The van der Waals surface area contributed by atoms with Crippen LogP contribution in [-0.4, -0.2) is 23.9 Å². The Labute approximate surface area is 242 Å². The highest BCUT2D eigenvalue weighted by Crippen LogP contribution is 2.41. The summed E-state index contributed by atoms with van der Waals surface area (Å²) >= 11 is 6.42. The molecule has 2 aromatic carbocycles. The van der Waals surface area contributed by atoms with E-state index in [-0.39, 0.29) is 11.5 Å². The van der Waals surface area contributed by atoms with Gasteiger partial charge in [-0.1, -0.05) is 43.6 Å². The maximum Gasteiger partial charge on any atom is 0.404 e. The molecule has 212 valence electrons. The van der Waals surface area contributed by atoms with Gasteiger partial charge in [-0.05, 0) is 110 Å². The van der Waals surface area contributed by atoms with Gasteiger partial charge in [0.25, 0.3) is 0 Å². The van der Waals surface area contributed by atoms with Crippen molar-refractivity contribution in [2.75, 3.05) is 11.9 Å². The summed E-state index contributed by atoms with van der Waals surface area (Å²) in [5.74, 6) is 1.57. The number of hydrogen-bond acceptors (Lipinski definition) is 6. The second kappa shape index (κ2) is 11.9. The van der Waals surface area contributed by atoms with E-state index in [1.807, 2.05) is 26.0 Å². The van der Waals surface area contributed by atoms with Crippen molar-refractivity contribution in [2.24, 2.45) is 23.0 Å². The first-order valence-electron chi connectivity index (χ1n) is 13.9. The Kier molecular flexibility index (Phi) is 8.80. The molecule has 8 heteroatoms. The number of nitrogens with zero attached hydrogens (tertiary/aromatic N) is 2. The summed E-state index contributed by atoms with van der Waals surface area (Å²) in [5.41, 5.74) is 12.6. The maximum absolute atomic E-state index is 11.5. The number of anilines is 1. The van der Waals surface area contributed by atoms with Crippen LogP contribution < -0.4 is 11.1 Å². The van der Waals surface area contributed by atoms with Gasteiger partial charge in [0.1, 0.15) is 17.9 Å². The van der Waals surface area contributed by atoms with E-state index < -0.39 is 6.09 Å². The summed E-state index contributed by atoms with van der Waals surface area (Å²) in [6, 6.07) is 12.0. The van der Waals surface area contributed by atoms with Gasteiger partial charge >= 0.3 is 6.09 Å². The zero-order valence-corrected chi connectivity index (χ0v) is 25.0. The molecule has 1 heterocycles. The molecule has 1 saturated carbocycles. The van der Waals surface area contributed by atoms with Crippen molar-refractivity contribution in [2.45, 2.75) is 73.3 Å². The maximum atomic E-state index is 11.5. The van der Waals surface area contributed by atoms with Crippen molar-refractivity contribution in [1.82, 2.24) is 5.16 Å². The molecular weight excluding hydrogens is 524 g/mol. The number of aryl methyl sites for hydroxylation is 2. The number of halogens is 1. The zero-order valence-electron chi connectivity index (χ0n) is 24.2. The van der Waals surface area contributed by atoms with Crippen LogP contribution in [-0.2, 0) is 4.74 Å². The Hall–Kier alpha value is -3.50. The predicted octanol–water partition coefficient (Wildman–Crippen LogP) is 8.19. The van der Waals surface area contributed by atoms with Crippen LogP contribution in [0.4, 0.5) is 10.5 Å². The van der Waals surface area contributed by atoms with E-state index >= 15 is 0 Å². The summed E-state index contributed by atoms with van der Waals surface area (Å²) in [7, 11) is 0. The summed E-state index contributed by atoms with van der Waals surface area (Å²) in [4.78, 5) is 11.5. The van der Waals surface area contributed by atoms with Crippen molar-refractivity contribution in [3.05, 3.63) is 57.9 Å². The molecule has 0 aliphatic heterocycles. The topological polar surface area (TPSA) is 114 Å². The molecule has 1 amide bonds. The Morgan fingerprint density at radius 2 is 1.88 bits per heavy atom. The SMILES string of the molecule is Cc1noc(C)c1-c1cc(NCC2CCC(C(OC(N)=O)C(C)(C)C)CC2)c(C)c(-c2ccc(C#N)c(Cl)c2)c1. The van der Waals surface area contributed by atoms with Gasteiger partial charge in [-0.3, -0.25) is 0 Å². The minimum atomic E-state index is -0.697. The van der Waals surface area contributed by atoms with Gasteiger partial charge < -0.3 is 20.3 Å². The van der Waals surface area contributed by atoms with Gasteiger partial charge in [0, 0.05) is 17.8 Å². The average Bonchev–Trinajstić information content (AvgIpc) is 3.24. The molecule has 3 aromatic rings. The fourth-order valence-corrected chi connectivity index (χ4v) is 6.29. The average molecular weight is 563 g/mol. The predicted molar refractivity (Wildman–Crippen MR) is 159 cm³/mol. The monoisotopic (exact) mass is 562 g/mol. The first kappa shape index (κ1) is 29.5.